The number of rotatable bonds is 4. The zero-order chi connectivity index (χ0) is 17.9. The van der Waals surface area contributed by atoms with Gasteiger partial charge in [0.1, 0.15) is 5.75 Å². The minimum atomic E-state index is -0.00376. The van der Waals surface area contributed by atoms with E-state index in [1.54, 1.807) is 18.2 Å². The van der Waals surface area contributed by atoms with Gasteiger partial charge in [-0.15, -0.1) is 0 Å². The van der Waals surface area contributed by atoms with Gasteiger partial charge in [-0.2, -0.15) is 4.98 Å². The summed E-state index contributed by atoms with van der Waals surface area (Å²) in [5, 5.41) is 11.2. The quantitative estimate of drug-likeness (QED) is 0.576. The Balaban J connectivity index is 1.89. The number of methoxy groups -OCH3 is 1. The minimum absolute atomic E-state index is 0.00376. The summed E-state index contributed by atoms with van der Waals surface area (Å²) in [7, 11) is 1.50. The zero-order valence-electron chi connectivity index (χ0n) is 14.1. The first-order valence-electron chi connectivity index (χ1n) is 8.12. The number of fused-ring (bicyclic) bond motifs is 1. The fourth-order valence-corrected chi connectivity index (χ4v) is 2.71. The highest BCUT2D eigenvalue weighted by atomic mass is 16.5. The van der Waals surface area contributed by atoms with Crippen LogP contribution in [0.5, 0.6) is 23.1 Å². The molecule has 0 fully saturated rings. The van der Waals surface area contributed by atoms with Crippen LogP contribution in [-0.2, 0) is 0 Å². The molecule has 0 saturated heterocycles. The predicted molar refractivity (Wildman–Crippen MR) is 99.7 cm³/mol. The fraction of sp³-hybridized carbons (Fsp3) is 0.0476. The van der Waals surface area contributed by atoms with Crippen molar-refractivity contribution in [3.05, 3.63) is 72.8 Å². The number of benzene rings is 3. The fourth-order valence-electron chi connectivity index (χ4n) is 2.71. The van der Waals surface area contributed by atoms with Gasteiger partial charge in [0.15, 0.2) is 17.3 Å². The predicted octanol–water partition coefficient (Wildman–Crippen LogP) is 4.80. The van der Waals surface area contributed by atoms with Crippen molar-refractivity contribution in [2.75, 3.05) is 7.11 Å². The van der Waals surface area contributed by atoms with Gasteiger partial charge in [-0.1, -0.05) is 36.4 Å². The Hall–Kier alpha value is -3.60. The molecule has 0 radical (unpaired) electrons. The Labute approximate surface area is 150 Å². The van der Waals surface area contributed by atoms with Gasteiger partial charge < -0.3 is 14.6 Å². The highest BCUT2D eigenvalue weighted by Gasteiger charge is 2.16. The molecule has 0 atom stereocenters. The maximum absolute atomic E-state index is 10.4. The summed E-state index contributed by atoms with van der Waals surface area (Å²) >= 11 is 0. The lowest BCUT2D eigenvalue weighted by Gasteiger charge is -2.12. The largest absolute Gasteiger partial charge is 0.504 e. The van der Waals surface area contributed by atoms with Crippen LogP contribution in [0.15, 0.2) is 72.8 Å². The van der Waals surface area contributed by atoms with Crippen LogP contribution < -0.4 is 9.47 Å². The minimum Gasteiger partial charge on any atom is -0.504 e. The maximum Gasteiger partial charge on any atom is 0.230 e. The summed E-state index contributed by atoms with van der Waals surface area (Å²) in [5.74, 6) is 1.84. The van der Waals surface area contributed by atoms with Crippen LogP contribution >= 0.6 is 0 Å². The lowest BCUT2D eigenvalue weighted by molar-refractivity contribution is 0.374. The van der Waals surface area contributed by atoms with E-state index in [2.05, 4.69) is 9.97 Å². The molecule has 3 aromatic carbocycles. The Bertz CT molecular complexity index is 1070. The molecule has 5 heteroatoms. The molecule has 0 saturated carbocycles. The molecule has 5 nitrogen and oxygen atoms in total. The van der Waals surface area contributed by atoms with Crippen molar-refractivity contribution in [1.82, 2.24) is 9.97 Å². The number of phenolic OH excluding ortho intramolecular Hbond substituents is 1. The monoisotopic (exact) mass is 344 g/mol. The van der Waals surface area contributed by atoms with E-state index in [1.165, 1.54) is 7.11 Å². The first-order valence-corrected chi connectivity index (χ1v) is 8.12. The average molecular weight is 344 g/mol. The van der Waals surface area contributed by atoms with Gasteiger partial charge in [-0.05, 0) is 36.4 Å². The Morgan fingerprint density at radius 2 is 1.58 bits per heavy atom. The number of nitrogens with zero attached hydrogens (tertiary/aromatic N) is 2. The van der Waals surface area contributed by atoms with Crippen molar-refractivity contribution < 1.29 is 14.6 Å². The highest BCUT2D eigenvalue weighted by molar-refractivity contribution is 5.86. The SMILES string of the molecule is COc1cccc(-c2nc(Oc3ccccc3)c3ccccc3n2)c1O. The van der Waals surface area contributed by atoms with Crippen LogP contribution in [-0.4, -0.2) is 22.2 Å². The third-order valence-electron chi connectivity index (χ3n) is 3.99. The Kier molecular flexibility index (Phi) is 4.11. The summed E-state index contributed by atoms with van der Waals surface area (Å²) in [6, 6.07) is 22.2. The van der Waals surface area contributed by atoms with Crippen molar-refractivity contribution in [2.24, 2.45) is 0 Å². The zero-order valence-corrected chi connectivity index (χ0v) is 14.1. The van der Waals surface area contributed by atoms with Crippen molar-refractivity contribution in [2.45, 2.75) is 0 Å². The van der Waals surface area contributed by atoms with Gasteiger partial charge in [0.2, 0.25) is 5.88 Å². The van der Waals surface area contributed by atoms with E-state index in [-0.39, 0.29) is 5.75 Å². The maximum atomic E-state index is 10.4. The van der Waals surface area contributed by atoms with Crippen LogP contribution in [0.4, 0.5) is 0 Å². The highest BCUT2D eigenvalue weighted by Crippen LogP contribution is 2.37. The molecule has 4 rings (SSSR count). The number of phenols is 1. The number of hydrogen-bond acceptors (Lipinski definition) is 5. The van der Waals surface area contributed by atoms with E-state index in [1.807, 2.05) is 54.6 Å². The molecule has 128 valence electrons. The number of aromatic nitrogens is 2. The lowest BCUT2D eigenvalue weighted by atomic mass is 10.1. The molecule has 0 bridgehead atoms. The van der Waals surface area contributed by atoms with Gasteiger partial charge in [0, 0.05) is 0 Å². The molecule has 0 aliphatic heterocycles. The molecular weight excluding hydrogens is 328 g/mol. The van der Waals surface area contributed by atoms with Gasteiger partial charge in [-0.3, -0.25) is 0 Å². The third-order valence-corrected chi connectivity index (χ3v) is 3.99. The number of aromatic hydroxyl groups is 1. The van der Waals surface area contributed by atoms with Gasteiger partial charge >= 0.3 is 0 Å². The molecule has 26 heavy (non-hydrogen) atoms. The second-order valence-electron chi connectivity index (χ2n) is 5.64. The van der Waals surface area contributed by atoms with Crippen LogP contribution in [0.2, 0.25) is 0 Å². The van der Waals surface area contributed by atoms with Crippen molar-refractivity contribution in [3.63, 3.8) is 0 Å². The van der Waals surface area contributed by atoms with E-state index in [9.17, 15) is 5.11 Å². The molecule has 0 aliphatic carbocycles. The van der Waals surface area contributed by atoms with Crippen LogP contribution in [0.1, 0.15) is 0 Å². The molecule has 4 aromatic rings. The Morgan fingerprint density at radius 3 is 2.38 bits per heavy atom. The van der Waals surface area contributed by atoms with Gasteiger partial charge in [0.05, 0.1) is 23.6 Å². The molecule has 0 amide bonds. The van der Waals surface area contributed by atoms with E-state index in [0.717, 1.165) is 10.9 Å². The summed E-state index contributed by atoms with van der Waals surface area (Å²) < 4.78 is 11.2. The second-order valence-corrected chi connectivity index (χ2v) is 5.64. The molecular formula is C21H16N2O3. The van der Waals surface area contributed by atoms with Gasteiger partial charge in [0.25, 0.3) is 0 Å². The van der Waals surface area contributed by atoms with Crippen molar-refractivity contribution in [3.8, 4) is 34.5 Å². The van der Waals surface area contributed by atoms with Crippen LogP contribution in [0.25, 0.3) is 22.3 Å². The third kappa shape index (κ3) is 2.91. The smallest absolute Gasteiger partial charge is 0.230 e. The first-order chi connectivity index (χ1) is 12.8. The standard InChI is InChI=1S/C21H16N2O3/c1-25-18-13-7-11-16(19(18)24)20-22-17-12-6-5-10-15(17)21(23-20)26-14-8-3-2-4-9-14/h2-13,24H,1H3. The van der Waals surface area contributed by atoms with E-state index < -0.39 is 0 Å². The first kappa shape index (κ1) is 15.9. The van der Waals surface area contributed by atoms with E-state index in [0.29, 0.717) is 28.8 Å². The number of ether oxygens (including phenoxy) is 2. The Morgan fingerprint density at radius 1 is 0.808 bits per heavy atom. The molecule has 1 N–H and O–H groups in total. The number of para-hydroxylation sites is 3. The van der Waals surface area contributed by atoms with Gasteiger partial charge in [-0.25, -0.2) is 4.98 Å². The van der Waals surface area contributed by atoms with E-state index in [4.69, 9.17) is 9.47 Å². The summed E-state index contributed by atoms with van der Waals surface area (Å²) in [6.45, 7) is 0. The molecule has 1 heterocycles. The lowest BCUT2D eigenvalue weighted by Crippen LogP contribution is -1.97. The second kappa shape index (κ2) is 6.72. The van der Waals surface area contributed by atoms with Crippen LogP contribution in [0, 0.1) is 0 Å². The molecule has 1 aromatic heterocycles. The van der Waals surface area contributed by atoms with Crippen molar-refractivity contribution in [1.29, 1.82) is 0 Å². The summed E-state index contributed by atoms with van der Waals surface area (Å²) in [4.78, 5) is 9.13. The molecule has 0 unspecified atom stereocenters. The molecule has 0 spiro atoms. The number of hydrogen-bond donors (Lipinski definition) is 1. The summed E-state index contributed by atoms with van der Waals surface area (Å²) in [5.41, 5.74) is 1.21. The topological polar surface area (TPSA) is 64.5 Å². The normalized spacial score (nSPS) is 10.7. The van der Waals surface area contributed by atoms with Crippen LogP contribution in [0.3, 0.4) is 0 Å². The van der Waals surface area contributed by atoms with Crippen molar-refractivity contribution >= 4 is 10.9 Å². The average Bonchev–Trinajstić information content (AvgIpc) is 2.69. The summed E-state index contributed by atoms with van der Waals surface area (Å²) in [6.07, 6.45) is 0. The van der Waals surface area contributed by atoms with E-state index >= 15 is 0 Å². The molecule has 0 aliphatic rings.